The Bertz CT molecular complexity index is 832. The van der Waals surface area contributed by atoms with E-state index in [1.807, 2.05) is 0 Å². The zero-order chi connectivity index (χ0) is 18.0. The van der Waals surface area contributed by atoms with Crippen LogP contribution >= 0.6 is 11.6 Å². The van der Waals surface area contributed by atoms with Crippen LogP contribution in [-0.2, 0) is 4.79 Å². The zero-order valence-electron chi connectivity index (χ0n) is 13.1. The number of piperidine rings is 1. The van der Waals surface area contributed by atoms with Crippen LogP contribution in [0.2, 0.25) is 5.02 Å². The van der Waals surface area contributed by atoms with Crippen molar-refractivity contribution in [3.63, 3.8) is 0 Å². The lowest BCUT2D eigenvalue weighted by Crippen LogP contribution is -2.52. The number of carboxylic acids is 1. The molecule has 3 rings (SSSR count). The van der Waals surface area contributed by atoms with Gasteiger partial charge in [-0.1, -0.05) is 23.7 Å². The van der Waals surface area contributed by atoms with Crippen molar-refractivity contribution in [1.82, 2.24) is 5.32 Å². The first kappa shape index (κ1) is 17.0. The second-order valence-corrected chi connectivity index (χ2v) is 5.99. The van der Waals surface area contributed by atoms with Crippen molar-refractivity contribution in [1.29, 1.82) is 0 Å². The highest BCUT2D eigenvalue weighted by atomic mass is 35.5. The lowest BCUT2D eigenvalue weighted by molar-refractivity contribution is -0.121. The van der Waals surface area contributed by atoms with Crippen molar-refractivity contribution in [2.75, 3.05) is 11.4 Å². The molecule has 0 unspecified atom stereocenters. The first-order valence-corrected chi connectivity index (χ1v) is 8.05. The number of carbonyl (C=O) groups is 3. The first-order valence-electron chi connectivity index (χ1n) is 7.67. The molecule has 0 saturated carbocycles. The maximum absolute atomic E-state index is 12.7. The molecule has 0 bridgehead atoms. The van der Waals surface area contributed by atoms with E-state index in [9.17, 15) is 14.4 Å². The van der Waals surface area contributed by atoms with Crippen LogP contribution in [0.25, 0.3) is 0 Å². The van der Waals surface area contributed by atoms with E-state index in [1.165, 1.54) is 12.1 Å². The summed E-state index contributed by atoms with van der Waals surface area (Å²) in [7, 11) is 0. The fourth-order valence-electron chi connectivity index (χ4n) is 2.72. The maximum atomic E-state index is 12.7. The topological polar surface area (TPSA) is 99.8 Å². The molecule has 1 aromatic carbocycles. The third kappa shape index (κ3) is 3.51. The van der Waals surface area contributed by atoms with Gasteiger partial charge in [0.25, 0.3) is 5.91 Å². The summed E-state index contributed by atoms with van der Waals surface area (Å²) in [6.07, 6.45) is 1.18. The van der Waals surface area contributed by atoms with E-state index < -0.39 is 17.9 Å². The zero-order valence-corrected chi connectivity index (χ0v) is 13.8. The van der Waals surface area contributed by atoms with Gasteiger partial charge in [-0.15, -0.1) is 0 Å². The van der Waals surface area contributed by atoms with Gasteiger partial charge in [-0.3, -0.25) is 9.59 Å². The number of amides is 2. The Kier molecular flexibility index (Phi) is 4.76. The van der Waals surface area contributed by atoms with Crippen LogP contribution < -0.4 is 10.2 Å². The van der Waals surface area contributed by atoms with Crippen molar-refractivity contribution >= 4 is 35.1 Å². The van der Waals surface area contributed by atoms with Gasteiger partial charge in [0.1, 0.15) is 6.04 Å². The highest BCUT2D eigenvalue weighted by molar-refractivity contribution is 6.33. The number of benzene rings is 1. The third-order valence-corrected chi connectivity index (χ3v) is 4.25. The van der Waals surface area contributed by atoms with Gasteiger partial charge in [-0.05, 0) is 37.1 Å². The fraction of sp³-hybridized carbons (Fsp3) is 0.235. The molecule has 1 atom stereocenters. The van der Waals surface area contributed by atoms with E-state index >= 15 is 0 Å². The Morgan fingerprint density at radius 3 is 2.60 bits per heavy atom. The lowest BCUT2D eigenvalue weighted by Gasteiger charge is -2.33. The number of hydrogen-bond donors (Lipinski definition) is 2. The summed E-state index contributed by atoms with van der Waals surface area (Å²) in [5.74, 6) is -2.65. The molecule has 2 amide bonds. The monoisotopic (exact) mass is 362 g/mol. The molecular weight excluding hydrogens is 348 g/mol. The Balaban J connectivity index is 1.74. The number of hydrogen-bond acceptors (Lipinski definition) is 4. The van der Waals surface area contributed by atoms with Gasteiger partial charge < -0.3 is 19.7 Å². The van der Waals surface area contributed by atoms with Crippen LogP contribution in [-0.4, -0.2) is 35.5 Å². The number of nitrogens with one attached hydrogen (secondary N) is 1. The number of para-hydroxylation sites is 1. The van der Waals surface area contributed by atoms with E-state index in [-0.39, 0.29) is 17.4 Å². The van der Waals surface area contributed by atoms with E-state index in [4.69, 9.17) is 21.1 Å². The van der Waals surface area contributed by atoms with Gasteiger partial charge in [0.2, 0.25) is 11.7 Å². The molecule has 2 N–H and O–H groups in total. The van der Waals surface area contributed by atoms with E-state index in [0.717, 1.165) is 0 Å². The number of rotatable bonds is 4. The van der Waals surface area contributed by atoms with Gasteiger partial charge >= 0.3 is 5.97 Å². The predicted molar refractivity (Wildman–Crippen MR) is 90.0 cm³/mol. The summed E-state index contributed by atoms with van der Waals surface area (Å²) >= 11 is 6.15. The van der Waals surface area contributed by atoms with Gasteiger partial charge in [0.05, 0.1) is 10.7 Å². The lowest BCUT2D eigenvalue weighted by atomic mass is 10.0. The molecule has 2 heterocycles. The molecule has 2 aromatic rings. The molecule has 25 heavy (non-hydrogen) atoms. The van der Waals surface area contributed by atoms with Gasteiger partial charge in [0.15, 0.2) is 5.76 Å². The summed E-state index contributed by atoms with van der Waals surface area (Å²) in [6.45, 7) is 0.513. The summed E-state index contributed by atoms with van der Waals surface area (Å²) < 4.78 is 4.96. The van der Waals surface area contributed by atoms with Crippen molar-refractivity contribution in [2.45, 2.75) is 18.9 Å². The number of aromatic carboxylic acids is 1. The van der Waals surface area contributed by atoms with Crippen LogP contribution in [0.3, 0.4) is 0 Å². The minimum absolute atomic E-state index is 0.153. The number of carboxylic acid groups (broad SMARTS) is 1. The van der Waals surface area contributed by atoms with Crippen LogP contribution in [0.15, 0.2) is 40.8 Å². The second kappa shape index (κ2) is 6.98. The average molecular weight is 363 g/mol. The summed E-state index contributed by atoms with van der Waals surface area (Å²) in [4.78, 5) is 37.3. The number of carbonyl (C=O) groups excluding carboxylic acids is 2. The number of furan rings is 1. The van der Waals surface area contributed by atoms with E-state index in [0.29, 0.717) is 30.1 Å². The van der Waals surface area contributed by atoms with Crippen LogP contribution in [0, 0.1) is 0 Å². The molecule has 1 aliphatic heterocycles. The Hall–Kier alpha value is -2.80. The van der Waals surface area contributed by atoms with Crippen molar-refractivity contribution < 1.29 is 23.9 Å². The Labute approximate surface area is 148 Å². The molecule has 130 valence electrons. The van der Waals surface area contributed by atoms with Crippen LogP contribution in [0.1, 0.15) is 34.0 Å². The van der Waals surface area contributed by atoms with Crippen LogP contribution in [0.4, 0.5) is 5.69 Å². The molecule has 1 fully saturated rings. The minimum Gasteiger partial charge on any atom is -0.475 e. The highest BCUT2D eigenvalue weighted by Crippen LogP contribution is 2.28. The molecule has 7 nitrogen and oxygen atoms in total. The predicted octanol–water partition coefficient (Wildman–Crippen LogP) is 2.56. The maximum Gasteiger partial charge on any atom is 0.371 e. The van der Waals surface area contributed by atoms with Crippen molar-refractivity contribution in [2.24, 2.45) is 0 Å². The largest absolute Gasteiger partial charge is 0.475 e. The molecule has 1 aliphatic rings. The number of halogens is 1. The number of anilines is 1. The van der Waals surface area contributed by atoms with Crippen molar-refractivity contribution in [3.05, 3.63) is 52.9 Å². The molecule has 8 heteroatoms. The average Bonchev–Trinajstić information content (AvgIpc) is 3.08. The molecule has 0 aliphatic carbocycles. The molecular formula is C17H15ClN2O5. The van der Waals surface area contributed by atoms with E-state index in [2.05, 4.69) is 5.32 Å². The quantitative estimate of drug-likeness (QED) is 0.870. The van der Waals surface area contributed by atoms with E-state index in [1.54, 1.807) is 29.2 Å². The summed E-state index contributed by atoms with van der Waals surface area (Å²) in [6, 6.07) is 8.73. The minimum atomic E-state index is -1.27. The standard InChI is InChI=1S/C17H15ClN2O5/c18-10-4-1-2-6-12(10)20-9-3-5-11(16(20)22)19-15(21)13-7-8-14(25-13)17(23)24/h1-2,4,6-8,11H,3,5,9H2,(H,19,21)(H,23,24)/t11-/m1/s1. The van der Waals surface area contributed by atoms with Crippen molar-refractivity contribution in [3.8, 4) is 0 Å². The normalized spacial score (nSPS) is 17.4. The Morgan fingerprint density at radius 2 is 1.92 bits per heavy atom. The first-order chi connectivity index (χ1) is 12.0. The molecule has 0 spiro atoms. The smallest absolute Gasteiger partial charge is 0.371 e. The molecule has 0 radical (unpaired) electrons. The van der Waals surface area contributed by atoms with Gasteiger partial charge in [-0.2, -0.15) is 0 Å². The number of nitrogens with zero attached hydrogens (tertiary/aromatic N) is 1. The second-order valence-electron chi connectivity index (χ2n) is 5.58. The van der Waals surface area contributed by atoms with Gasteiger partial charge in [-0.25, -0.2) is 4.79 Å². The molecule has 1 aromatic heterocycles. The highest BCUT2D eigenvalue weighted by Gasteiger charge is 2.32. The third-order valence-electron chi connectivity index (χ3n) is 3.93. The summed E-state index contributed by atoms with van der Waals surface area (Å²) in [5, 5.41) is 11.9. The Morgan fingerprint density at radius 1 is 1.20 bits per heavy atom. The van der Waals surface area contributed by atoms with Gasteiger partial charge in [0, 0.05) is 6.54 Å². The summed E-state index contributed by atoms with van der Waals surface area (Å²) in [5.41, 5.74) is 0.597. The molecule has 1 saturated heterocycles. The van der Waals surface area contributed by atoms with Crippen LogP contribution in [0.5, 0.6) is 0 Å². The fourth-order valence-corrected chi connectivity index (χ4v) is 2.96. The SMILES string of the molecule is O=C(O)c1ccc(C(=O)N[C@@H]2CCCN(c3ccccc3Cl)C2=O)o1.